The Morgan fingerprint density at radius 2 is 2.18 bits per heavy atom. The van der Waals surface area contributed by atoms with Crippen molar-refractivity contribution in [2.45, 2.75) is 6.61 Å². The Hall–Kier alpha value is -2.14. The number of carbonyl (C=O) groups is 2. The van der Waals surface area contributed by atoms with Gasteiger partial charge in [0.05, 0.1) is 6.61 Å². The smallest absolute Gasteiger partial charge is 0.328 e. The van der Waals surface area contributed by atoms with Gasteiger partial charge in [0.15, 0.2) is 0 Å². The summed E-state index contributed by atoms with van der Waals surface area (Å²) in [5, 5.41) is 10.9. The molecule has 90 valence electrons. The second-order valence-corrected chi connectivity index (χ2v) is 3.29. The van der Waals surface area contributed by atoms with Crippen molar-refractivity contribution in [3.05, 3.63) is 42.0 Å². The molecule has 0 aliphatic heterocycles. The molecule has 5 heteroatoms. The van der Waals surface area contributed by atoms with Crippen LogP contribution in [0.3, 0.4) is 0 Å². The second kappa shape index (κ2) is 6.44. The summed E-state index contributed by atoms with van der Waals surface area (Å²) < 4.78 is 4.96. The summed E-state index contributed by atoms with van der Waals surface area (Å²) in [5.41, 5.74) is 1.52. The van der Waals surface area contributed by atoms with Crippen LogP contribution >= 0.6 is 0 Å². The van der Waals surface area contributed by atoms with Crippen molar-refractivity contribution in [3.8, 4) is 0 Å². The number of rotatable bonds is 5. The van der Waals surface area contributed by atoms with Gasteiger partial charge in [-0.05, 0) is 17.7 Å². The van der Waals surface area contributed by atoms with Crippen molar-refractivity contribution in [2.24, 2.45) is 0 Å². The number of hydrogen-bond donors (Lipinski definition) is 2. The maximum Gasteiger partial charge on any atom is 0.328 e. The maximum atomic E-state index is 11.3. The first-order valence-corrected chi connectivity index (χ1v) is 4.91. The zero-order valence-electron chi connectivity index (χ0n) is 9.34. The van der Waals surface area contributed by atoms with Crippen LogP contribution in [-0.2, 0) is 20.9 Å². The number of methoxy groups -OCH3 is 1. The van der Waals surface area contributed by atoms with Gasteiger partial charge in [-0.2, -0.15) is 0 Å². The molecule has 5 nitrogen and oxygen atoms in total. The largest absolute Gasteiger partial charge is 0.478 e. The molecule has 0 saturated carbocycles. The van der Waals surface area contributed by atoms with Crippen LogP contribution < -0.4 is 5.32 Å². The Kier molecular flexibility index (Phi) is 4.90. The molecule has 1 amide bonds. The van der Waals surface area contributed by atoms with Gasteiger partial charge in [0.1, 0.15) is 0 Å². The molecule has 1 aromatic rings. The summed E-state index contributed by atoms with van der Waals surface area (Å²) >= 11 is 0. The van der Waals surface area contributed by atoms with E-state index in [0.29, 0.717) is 12.3 Å². The fraction of sp³-hybridized carbons (Fsp3) is 0.167. The van der Waals surface area contributed by atoms with Crippen molar-refractivity contribution in [1.29, 1.82) is 0 Å². The van der Waals surface area contributed by atoms with E-state index < -0.39 is 11.9 Å². The van der Waals surface area contributed by atoms with E-state index in [1.54, 1.807) is 25.3 Å². The lowest BCUT2D eigenvalue weighted by Crippen LogP contribution is -2.08. The fourth-order valence-electron chi connectivity index (χ4n) is 1.24. The van der Waals surface area contributed by atoms with Gasteiger partial charge in [0, 0.05) is 24.9 Å². The standard InChI is InChI=1S/C12H13NO4/c1-17-8-9-3-2-4-10(7-9)13-11(14)5-6-12(15)16/h2-7H,8H2,1H3,(H,13,14)(H,15,16)/b6-5+. The van der Waals surface area contributed by atoms with Gasteiger partial charge in [-0.15, -0.1) is 0 Å². The number of carboxylic acid groups (broad SMARTS) is 1. The fourth-order valence-corrected chi connectivity index (χ4v) is 1.24. The molecule has 0 bridgehead atoms. The number of aliphatic carboxylic acids is 1. The third-order valence-corrected chi connectivity index (χ3v) is 1.88. The third kappa shape index (κ3) is 4.94. The van der Waals surface area contributed by atoms with Crippen molar-refractivity contribution in [3.63, 3.8) is 0 Å². The maximum absolute atomic E-state index is 11.3. The number of hydrogen-bond acceptors (Lipinski definition) is 3. The number of anilines is 1. The third-order valence-electron chi connectivity index (χ3n) is 1.88. The van der Waals surface area contributed by atoms with Crippen molar-refractivity contribution in [1.82, 2.24) is 0 Å². The molecule has 0 aliphatic carbocycles. The minimum absolute atomic E-state index is 0.453. The molecule has 17 heavy (non-hydrogen) atoms. The van der Waals surface area contributed by atoms with Crippen LogP contribution in [0.5, 0.6) is 0 Å². The predicted molar refractivity (Wildman–Crippen MR) is 62.6 cm³/mol. The van der Waals surface area contributed by atoms with E-state index in [4.69, 9.17) is 9.84 Å². The van der Waals surface area contributed by atoms with Crippen LogP contribution in [0.15, 0.2) is 36.4 Å². The number of carbonyl (C=O) groups excluding carboxylic acids is 1. The summed E-state index contributed by atoms with van der Waals surface area (Å²) in [6, 6.07) is 7.12. The van der Waals surface area contributed by atoms with E-state index >= 15 is 0 Å². The van der Waals surface area contributed by atoms with E-state index in [1.807, 2.05) is 6.07 Å². The van der Waals surface area contributed by atoms with Gasteiger partial charge in [0.2, 0.25) is 5.91 Å². The van der Waals surface area contributed by atoms with Crippen LogP contribution in [0, 0.1) is 0 Å². The molecular weight excluding hydrogens is 222 g/mol. The lowest BCUT2D eigenvalue weighted by molar-refractivity contribution is -0.131. The lowest BCUT2D eigenvalue weighted by atomic mass is 10.2. The molecule has 0 aromatic heterocycles. The van der Waals surface area contributed by atoms with Gasteiger partial charge in [-0.25, -0.2) is 4.79 Å². The molecule has 0 radical (unpaired) electrons. The molecule has 1 rings (SSSR count). The number of carboxylic acids is 1. The first-order chi connectivity index (χ1) is 8.11. The highest BCUT2D eigenvalue weighted by Gasteiger charge is 2.00. The van der Waals surface area contributed by atoms with Gasteiger partial charge in [0.25, 0.3) is 0 Å². The van der Waals surface area contributed by atoms with E-state index in [2.05, 4.69) is 5.32 Å². The summed E-state index contributed by atoms with van der Waals surface area (Å²) in [4.78, 5) is 21.5. The summed E-state index contributed by atoms with van der Waals surface area (Å²) in [6.45, 7) is 0.453. The molecule has 0 heterocycles. The molecule has 0 saturated heterocycles. The van der Waals surface area contributed by atoms with E-state index in [-0.39, 0.29) is 0 Å². The van der Waals surface area contributed by atoms with Gasteiger partial charge in [-0.1, -0.05) is 12.1 Å². The average molecular weight is 235 g/mol. The van der Waals surface area contributed by atoms with E-state index in [1.165, 1.54) is 0 Å². The van der Waals surface area contributed by atoms with Crippen LogP contribution in [0.4, 0.5) is 5.69 Å². The Morgan fingerprint density at radius 1 is 1.41 bits per heavy atom. The van der Waals surface area contributed by atoms with E-state index in [0.717, 1.165) is 17.7 Å². The van der Waals surface area contributed by atoms with Crippen LogP contribution in [-0.4, -0.2) is 24.1 Å². The molecule has 2 N–H and O–H groups in total. The minimum Gasteiger partial charge on any atom is -0.478 e. The second-order valence-electron chi connectivity index (χ2n) is 3.29. The molecular formula is C12H13NO4. The molecule has 1 aromatic carbocycles. The quantitative estimate of drug-likeness (QED) is 0.756. The Labute approximate surface area is 98.7 Å². The Bertz CT molecular complexity index is 440. The van der Waals surface area contributed by atoms with Gasteiger partial charge < -0.3 is 15.2 Å². The van der Waals surface area contributed by atoms with Crippen LogP contribution in [0.2, 0.25) is 0 Å². The molecule has 0 atom stereocenters. The monoisotopic (exact) mass is 235 g/mol. The zero-order chi connectivity index (χ0) is 12.7. The lowest BCUT2D eigenvalue weighted by Gasteiger charge is -2.04. The molecule has 0 unspecified atom stereocenters. The van der Waals surface area contributed by atoms with Gasteiger partial charge in [-0.3, -0.25) is 4.79 Å². The number of ether oxygens (including phenoxy) is 1. The first-order valence-electron chi connectivity index (χ1n) is 4.91. The minimum atomic E-state index is -1.16. The first kappa shape index (κ1) is 12.9. The van der Waals surface area contributed by atoms with Crippen LogP contribution in [0.1, 0.15) is 5.56 Å². The van der Waals surface area contributed by atoms with Gasteiger partial charge >= 0.3 is 5.97 Å². The molecule has 0 aliphatic rings. The SMILES string of the molecule is COCc1cccc(NC(=O)/C=C/C(=O)O)c1. The Balaban J connectivity index is 2.65. The molecule has 0 spiro atoms. The number of nitrogens with one attached hydrogen (secondary N) is 1. The Morgan fingerprint density at radius 3 is 2.82 bits per heavy atom. The summed E-state index contributed by atoms with van der Waals surface area (Å²) in [7, 11) is 1.58. The molecule has 0 fully saturated rings. The zero-order valence-corrected chi connectivity index (χ0v) is 9.34. The highest BCUT2D eigenvalue weighted by atomic mass is 16.5. The summed E-state index contributed by atoms with van der Waals surface area (Å²) in [6.07, 6.45) is 1.75. The highest BCUT2D eigenvalue weighted by Crippen LogP contribution is 2.11. The van der Waals surface area contributed by atoms with Crippen molar-refractivity contribution in [2.75, 3.05) is 12.4 Å². The summed E-state index contributed by atoms with van der Waals surface area (Å²) in [5.74, 6) is -1.64. The average Bonchev–Trinajstić information content (AvgIpc) is 2.27. The van der Waals surface area contributed by atoms with Crippen molar-refractivity contribution < 1.29 is 19.4 Å². The van der Waals surface area contributed by atoms with Crippen LogP contribution in [0.25, 0.3) is 0 Å². The topological polar surface area (TPSA) is 75.6 Å². The highest BCUT2D eigenvalue weighted by molar-refractivity contribution is 6.02. The van der Waals surface area contributed by atoms with E-state index in [9.17, 15) is 9.59 Å². The normalized spacial score (nSPS) is 10.4. The number of amides is 1. The predicted octanol–water partition coefficient (Wildman–Crippen LogP) is 1.41. The van der Waals surface area contributed by atoms with Crippen molar-refractivity contribution >= 4 is 17.6 Å². The number of benzene rings is 1.